The van der Waals surface area contributed by atoms with Crippen molar-refractivity contribution >= 4 is 17.6 Å². The first kappa shape index (κ1) is 21.7. The van der Waals surface area contributed by atoms with E-state index in [0.29, 0.717) is 12.4 Å². The second-order valence-electron chi connectivity index (χ2n) is 8.37. The SMILES string of the molecule is CCCN(CC(=O)Nc1cc(C(C)(C)C)nn1-c1ccccc1)C(=O)C(C)C. The van der Waals surface area contributed by atoms with Gasteiger partial charge in [-0.25, -0.2) is 4.68 Å². The van der Waals surface area contributed by atoms with Crippen molar-refractivity contribution < 1.29 is 9.59 Å². The third kappa shape index (κ3) is 5.44. The van der Waals surface area contributed by atoms with Crippen molar-refractivity contribution in [1.29, 1.82) is 0 Å². The third-order valence-electron chi connectivity index (χ3n) is 4.38. The van der Waals surface area contributed by atoms with Crippen LogP contribution >= 0.6 is 0 Å². The number of hydrogen-bond donors (Lipinski definition) is 1. The van der Waals surface area contributed by atoms with Gasteiger partial charge in [0.05, 0.1) is 17.9 Å². The van der Waals surface area contributed by atoms with Gasteiger partial charge in [-0.1, -0.05) is 59.7 Å². The fourth-order valence-corrected chi connectivity index (χ4v) is 2.86. The molecule has 6 heteroatoms. The monoisotopic (exact) mass is 384 g/mol. The summed E-state index contributed by atoms with van der Waals surface area (Å²) in [6.45, 7) is 12.6. The maximum absolute atomic E-state index is 12.7. The summed E-state index contributed by atoms with van der Waals surface area (Å²) >= 11 is 0. The molecule has 0 saturated carbocycles. The van der Waals surface area contributed by atoms with Crippen LogP contribution in [0.5, 0.6) is 0 Å². The molecule has 0 radical (unpaired) electrons. The molecule has 0 unspecified atom stereocenters. The lowest BCUT2D eigenvalue weighted by atomic mass is 9.92. The molecule has 1 aromatic carbocycles. The number of rotatable bonds is 7. The average Bonchev–Trinajstić information content (AvgIpc) is 3.05. The fraction of sp³-hybridized carbons (Fsp3) is 0.500. The number of nitrogens with zero attached hydrogens (tertiary/aromatic N) is 3. The predicted molar refractivity (Wildman–Crippen MR) is 113 cm³/mol. The summed E-state index contributed by atoms with van der Waals surface area (Å²) in [5.41, 5.74) is 1.61. The molecule has 0 saturated heterocycles. The standard InChI is InChI=1S/C22H32N4O2/c1-7-13-25(21(28)16(2)3)15-20(27)23-19-14-18(22(4,5)6)24-26(19)17-11-9-8-10-12-17/h8-12,14,16H,7,13,15H2,1-6H3,(H,23,27). The van der Waals surface area contributed by atoms with E-state index in [4.69, 9.17) is 5.10 Å². The molecule has 6 nitrogen and oxygen atoms in total. The van der Waals surface area contributed by atoms with Gasteiger partial charge < -0.3 is 10.2 Å². The molecule has 2 aromatic rings. The van der Waals surface area contributed by atoms with Crippen molar-refractivity contribution in [3.63, 3.8) is 0 Å². The van der Waals surface area contributed by atoms with Gasteiger partial charge in [0.1, 0.15) is 5.82 Å². The molecule has 0 aliphatic heterocycles. The Morgan fingerprint density at radius 1 is 1.18 bits per heavy atom. The lowest BCUT2D eigenvalue weighted by Gasteiger charge is -2.23. The number of anilines is 1. The maximum atomic E-state index is 12.7. The Labute approximate surface area is 167 Å². The van der Waals surface area contributed by atoms with Crippen LogP contribution in [0.25, 0.3) is 5.69 Å². The Hall–Kier alpha value is -2.63. The van der Waals surface area contributed by atoms with Crippen molar-refractivity contribution in [2.45, 2.75) is 53.4 Å². The predicted octanol–water partition coefficient (Wildman–Crippen LogP) is 4.00. The van der Waals surface area contributed by atoms with E-state index in [0.717, 1.165) is 17.8 Å². The molecule has 28 heavy (non-hydrogen) atoms. The minimum absolute atomic E-state index is 0.0102. The molecule has 1 heterocycles. The summed E-state index contributed by atoms with van der Waals surface area (Å²) in [7, 11) is 0. The number of hydrogen-bond acceptors (Lipinski definition) is 3. The Morgan fingerprint density at radius 3 is 2.36 bits per heavy atom. The van der Waals surface area contributed by atoms with Gasteiger partial charge in [0.15, 0.2) is 0 Å². The average molecular weight is 385 g/mol. The van der Waals surface area contributed by atoms with Crippen LogP contribution in [0.3, 0.4) is 0 Å². The lowest BCUT2D eigenvalue weighted by molar-refractivity contribution is -0.137. The van der Waals surface area contributed by atoms with E-state index in [9.17, 15) is 9.59 Å². The molecule has 2 rings (SSSR count). The van der Waals surface area contributed by atoms with E-state index in [-0.39, 0.29) is 29.7 Å². The zero-order valence-corrected chi connectivity index (χ0v) is 17.8. The van der Waals surface area contributed by atoms with Gasteiger partial charge in [0, 0.05) is 23.9 Å². The first-order valence-corrected chi connectivity index (χ1v) is 9.88. The van der Waals surface area contributed by atoms with Crippen molar-refractivity contribution in [2.24, 2.45) is 5.92 Å². The fourth-order valence-electron chi connectivity index (χ4n) is 2.86. The number of amides is 2. The van der Waals surface area contributed by atoms with Gasteiger partial charge in [-0.15, -0.1) is 0 Å². The Kier molecular flexibility index (Phi) is 7.00. The molecule has 0 fully saturated rings. The number of nitrogens with one attached hydrogen (secondary N) is 1. The van der Waals surface area contributed by atoms with Crippen LogP contribution < -0.4 is 5.32 Å². The number of aromatic nitrogens is 2. The molecule has 152 valence electrons. The van der Waals surface area contributed by atoms with Crippen LogP contribution in [0.15, 0.2) is 36.4 Å². The smallest absolute Gasteiger partial charge is 0.245 e. The quantitative estimate of drug-likeness (QED) is 0.784. The van der Waals surface area contributed by atoms with Crippen LogP contribution in [0.1, 0.15) is 53.7 Å². The van der Waals surface area contributed by atoms with Crippen LogP contribution in [0.2, 0.25) is 0 Å². The largest absolute Gasteiger partial charge is 0.333 e. The number of benzene rings is 1. The molecular formula is C22H32N4O2. The Balaban J connectivity index is 2.27. The van der Waals surface area contributed by atoms with Crippen LogP contribution in [-0.4, -0.2) is 39.6 Å². The lowest BCUT2D eigenvalue weighted by Crippen LogP contribution is -2.40. The molecule has 0 bridgehead atoms. The highest BCUT2D eigenvalue weighted by atomic mass is 16.2. The number of para-hydroxylation sites is 1. The van der Waals surface area contributed by atoms with Crippen molar-refractivity contribution in [3.05, 3.63) is 42.1 Å². The third-order valence-corrected chi connectivity index (χ3v) is 4.38. The van der Waals surface area contributed by atoms with E-state index in [1.165, 1.54) is 0 Å². The molecule has 1 aromatic heterocycles. The highest BCUT2D eigenvalue weighted by Crippen LogP contribution is 2.26. The summed E-state index contributed by atoms with van der Waals surface area (Å²) in [4.78, 5) is 26.7. The van der Waals surface area contributed by atoms with Crippen molar-refractivity contribution in [2.75, 3.05) is 18.4 Å². The Bertz CT molecular complexity index is 804. The number of carbonyl (C=O) groups excluding carboxylic acids is 2. The van der Waals surface area contributed by atoms with Gasteiger partial charge >= 0.3 is 0 Å². The van der Waals surface area contributed by atoms with Crippen LogP contribution in [-0.2, 0) is 15.0 Å². The van der Waals surface area contributed by atoms with Gasteiger partial charge in [-0.3, -0.25) is 9.59 Å². The zero-order chi connectivity index (χ0) is 20.9. The minimum Gasteiger partial charge on any atom is -0.333 e. The van der Waals surface area contributed by atoms with Crippen molar-refractivity contribution in [1.82, 2.24) is 14.7 Å². The van der Waals surface area contributed by atoms with E-state index in [1.54, 1.807) is 9.58 Å². The van der Waals surface area contributed by atoms with Crippen LogP contribution in [0.4, 0.5) is 5.82 Å². The van der Waals surface area contributed by atoms with Gasteiger partial charge in [-0.05, 0) is 18.6 Å². The first-order chi connectivity index (χ1) is 13.1. The maximum Gasteiger partial charge on any atom is 0.245 e. The molecule has 2 amide bonds. The number of carbonyl (C=O) groups is 2. The topological polar surface area (TPSA) is 67.2 Å². The molecule has 0 aliphatic carbocycles. The normalized spacial score (nSPS) is 11.5. The molecule has 0 aliphatic rings. The van der Waals surface area contributed by atoms with E-state index < -0.39 is 0 Å². The van der Waals surface area contributed by atoms with Gasteiger partial charge in [0.2, 0.25) is 11.8 Å². The van der Waals surface area contributed by atoms with Crippen molar-refractivity contribution in [3.8, 4) is 5.69 Å². The van der Waals surface area contributed by atoms with Gasteiger partial charge in [-0.2, -0.15) is 5.10 Å². The van der Waals surface area contributed by atoms with E-state index in [1.807, 2.05) is 57.2 Å². The summed E-state index contributed by atoms with van der Waals surface area (Å²) in [5, 5.41) is 7.66. The Morgan fingerprint density at radius 2 is 1.82 bits per heavy atom. The van der Waals surface area contributed by atoms with E-state index in [2.05, 4.69) is 26.1 Å². The highest BCUT2D eigenvalue weighted by Gasteiger charge is 2.23. The second kappa shape index (κ2) is 9.04. The molecule has 0 spiro atoms. The molecule has 0 atom stereocenters. The molecular weight excluding hydrogens is 352 g/mol. The summed E-state index contributed by atoms with van der Waals surface area (Å²) in [6, 6.07) is 11.6. The zero-order valence-electron chi connectivity index (χ0n) is 17.8. The second-order valence-corrected chi connectivity index (χ2v) is 8.37. The highest BCUT2D eigenvalue weighted by molar-refractivity contribution is 5.94. The van der Waals surface area contributed by atoms with Gasteiger partial charge in [0.25, 0.3) is 0 Å². The summed E-state index contributed by atoms with van der Waals surface area (Å²) < 4.78 is 1.74. The summed E-state index contributed by atoms with van der Waals surface area (Å²) in [5.74, 6) is 0.236. The minimum atomic E-state index is -0.222. The van der Waals surface area contributed by atoms with Crippen LogP contribution in [0, 0.1) is 5.92 Å². The molecule has 1 N–H and O–H groups in total. The van der Waals surface area contributed by atoms with E-state index >= 15 is 0 Å². The summed E-state index contributed by atoms with van der Waals surface area (Å²) in [6.07, 6.45) is 0.807. The first-order valence-electron chi connectivity index (χ1n) is 9.88.